The van der Waals surface area contributed by atoms with Gasteiger partial charge in [-0.25, -0.2) is 0 Å². The van der Waals surface area contributed by atoms with Crippen molar-refractivity contribution in [1.82, 2.24) is 0 Å². The summed E-state index contributed by atoms with van der Waals surface area (Å²) in [5.74, 6) is 0. The molecule has 0 saturated heterocycles. The molecule has 0 radical (unpaired) electrons. The van der Waals surface area contributed by atoms with Gasteiger partial charge in [-0.05, 0) is 59.3 Å². The van der Waals surface area contributed by atoms with Crippen LogP contribution in [0.2, 0.25) is 0 Å². The first-order valence-corrected chi connectivity index (χ1v) is 8.42. The van der Waals surface area contributed by atoms with E-state index in [0.29, 0.717) is 21.9 Å². The summed E-state index contributed by atoms with van der Waals surface area (Å²) in [5, 5.41) is 5.47. The number of benzene rings is 4. The van der Waals surface area contributed by atoms with Crippen LogP contribution in [0.3, 0.4) is 0 Å². The van der Waals surface area contributed by atoms with Crippen molar-refractivity contribution in [3.63, 3.8) is 0 Å². The number of fused-ring (bicyclic) bond motifs is 7. The van der Waals surface area contributed by atoms with E-state index in [-0.39, 0.29) is 5.43 Å². The second-order valence-electron chi connectivity index (χ2n) is 6.66. The highest BCUT2D eigenvalue weighted by molar-refractivity contribution is 6.24. The predicted octanol–water partition coefficient (Wildman–Crippen LogP) is 5.87. The molecule has 0 amide bonds. The molecular weight excluding hydrogens is 308 g/mol. The van der Waals surface area contributed by atoms with Gasteiger partial charge >= 0.3 is 0 Å². The molecule has 5 rings (SSSR count). The highest BCUT2D eigenvalue weighted by atomic mass is 16.3. The zero-order valence-electron chi connectivity index (χ0n) is 14.1. The fourth-order valence-electron chi connectivity index (χ4n) is 3.74. The zero-order valence-corrected chi connectivity index (χ0v) is 14.1. The Labute approximate surface area is 144 Å². The van der Waals surface area contributed by atoms with E-state index in [1.54, 1.807) is 0 Å². The zero-order chi connectivity index (χ0) is 17.1. The summed E-state index contributed by atoms with van der Waals surface area (Å²) in [4.78, 5) is 13.2. The fourth-order valence-corrected chi connectivity index (χ4v) is 3.74. The molecule has 0 aliphatic rings. The Morgan fingerprint density at radius 1 is 0.680 bits per heavy atom. The van der Waals surface area contributed by atoms with Crippen molar-refractivity contribution in [2.45, 2.75) is 13.8 Å². The Kier molecular flexibility index (Phi) is 2.81. The van der Waals surface area contributed by atoms with Crippen molar-refractivity contribution in [1.29, 1.82) is 0 Å². The maximum atomic E-state index is 13.2. The molecule has 2 nitrogen and oxygen atoms in total. The van der Waals surface area contributed by atoms with Crippen molar-refractivity contribution >= 4 is 43.5 Å². The molecule has 1 heterocycles. The molecule has 0 atom stereocenters. The second kappa shape index (κ2) is 4.93. The molecule has 0 N–H and O–H groups in total. The molecular formula is C23H16O2. The molecule has 2 heteroatoms. The lowest BCUT2D eigenvalue weighted by Gasteiger charge is -2.12. The molecule has 0 bridgehead atoms. The van der Waals surface area contributed by atoms with Gasteiger partial charge in [0, 0.05) is 5.39 Å². The van der Waals surface area contributed by atoms with Crippen LogP contribution < -0.4 is 5.43 Å². The smallest absolute Gasteiger partial charge is 0.201 e. The standard InChI is InChI=1S/C23H16O2/c1-13-11-18-15-7-3-4-8-16(15)21-22(24)17-9-5-6-10-20(17)25-23(21)19(18)12-14(13)2/h3-12H,1-2H3. The van der Waals surface area contributed by atoms with E-state index in [4.69, 9.17) is 4.42 Å². The number of aryl methyl sites for hydroxylation is 2. The van der Waals surface area contributed by atoms with Gasteiger partial charge in [-0.15, -0.1) is 0 Å². The van der Waals surface area contributed by atoms with Gasteiger partial charge in [-0.1, -0.05) is 42.5 Å². The first-order valence-electron chi connectivity index (χ1n) is 8.42. The van der Waals surface area contributed by atoms with Gasteiger partial charge < -0.3 is 4.42 Å². The maximum absolute atomic E-state index is 13.2. The lowest BCUT2D eigenvalue weighted by atomic mass is 9.94. The summed E-state index contributed by atoms with van der Waals surface area (Å²) in [6.07, 6.45) is 0. The number of rotatable bonds is 0. The Morgan fingerprint density at radius 3 is 2.04 bits per heavy atom. The van der Waals surface area contributed by atoms with E-state index in [1.807, 2.05) is 42.5 Å². The van der Waals surface area contributed by atoms with Gasteiger partial charge in [-0.3, -0.25) is 4.79 Å². The molecule has 120 valence electrons. The number of para-hydroxylation sites is 1. The van der Waals surface area contributed by atoms with Gasteiger partial charge in [0.1, 0.15) is 11.2 Å². The topological polar surface area (TPSA) is 30.2 Å². The normalized spacial score (nSPS) is 11.8. The fraction of sp³-hybridized carbons (Fsp3) is 0.0870. The summed E-state index contributed by atoms with van der Waals surface area (Å²) in [6, 6.07) is 19.9. The van der Waals surface area contributed by atoms with Crippen molar-refractivity contribution in [3.05, 3.63) is 82.0 Å². The third-order valence-corrected chi connectivity index (χ3v) is 5.16. The monoisotopic (exact) mass is 324 g/mol. The molecule has 0 unspecified atom stereocenters. The minimum atomic E-state index is 0.0354. The van der Waals surface area contributed by atoms with E-state index in [2.05, 4.69) is 32.0 Å². The summed E-state index contributed by atoms with van der Waals surface area (Å²) < 4.78 is 6.24. The van der Waals surface area contributed by atoms with Gasteiger partial charge in [0.25, 0.3) is 0 Å². The van der Waals surface area contributed by atoms with E-state index < -0.39 is 0 Å². The molecule has 1 aromatic heterocycles. The van der Waals surface area contributed by atoms with Crippen LogP contribution in [0, 0.1) is 13.8 Å². The van der Waals surface area contributed by atoms with Crippen LogP contribution in [0.5, 0.6) is 0 Å². The largest absolute Gasteiger partial charge is 0.455 e. The molecule has 5 aromatic rings. The van der Waals surface area contributed by atoms with Crippen molar-refractivity contribution in [2.75, 3.05) is 0 Å². The lowest BCUT2D eigenvalue weighted by molar-refractivity contribution is 0.664. The minimum Gasteiger partial charge on any atom is -0.455 e. The van der Waals surface area contributed by atoms with Gasteiger partial charge in [-0.2, -0.15) is 0 Å². The third kappa shape index (κ3) is 1.88. The van der Waals surface area contributed by atoms with Crippen LogP contribution in [-0.2, 0) is 0 Å². The van der Waals surface area contributed by atoms with Gasteiger partial charge in [0.2, 0.25) is 5.43 Å². The first-order chi connectivity index (χ1) is 12.1. The van der Waals surface area contributed by atoms with E-state index in [1.165, 1.54) is 11.1 Å². The molecule has 0 saturated carbocycles. The van der Waals surface area contributed by atoms with Crippen LogP contribution in [-0.4, -0.2) is 0 Å². The highest BCUT2D eigenvalue weighted by Gasteiger charge is 2.16. The third-order valence-electron chi connectivity index (χ3n) is 5.16. The Bertz CT molecular complexity index is 1370. The minimum absolute atomic E-state index is 0.0354. The van der Waals surface area contributed by atoms with Gasteiger partial charge in [0.15, 0.2) is 0 Å². The molecule has 0 aliphatic heterocycles. The van der Waals surface area contributed by atoms with Crippen LogP contribution in [0.1, 0.15) is 11.1 Å². The van der Waals surface area contributed by atoms with Crippen LogP contribution >= 0.6 is 0 Å². The number of hydrogen-bond acceptors (Lipinski definition) is 2. The molecule has 0 spiro atoms. The molecule has 25 heavy (non-hydrogen) atoms. The average molecular weight is 324 g/mol. The highest BCUT2D eigenvalue weighted by Crippen LogP contribution is 2.36. The van der Waals surface area contributed by atoms with E-state index in [0.717, 1.165) is 21.5 Å². The Hall–Kier alpha value is -3.13. The quantitative estimate of drug-likeness (QED) is 0.263. The molecule has 0 fully saturated rings. The SMILES string of the molecule is Cc1cc2c3ccccc3c3c(=O)c4ccccc4oc3c2cc1C. The average Bonchev–Trinajstić information content (AvgIpc) is 2.63. The van der Waals surface area contributed by atoms with Crippen LogP contribution in [0.15, 0.2) is 69.9 Å². The van der Waals surface area contributed by atoms with Crippen molar-refractivity contribution in [2.24, 2.45) is 0 Å². The number of hydrogen-bond donors (Lipinski definition) is 0. The van der Waals surface area contributed by atoms with Crippen molar-refractivity contribution in [3.8, 4) is 0 Å². The maximum Gasteiger partial charge on any atom is 0.201 e. The predicted molar refractivity (Wildman–Crippen MR) is 104 cm³/mol. The van der Waals surface area contributed by atoms with E-state index >= 15 is 0 Å². The summed E-state index contributed by atoms with van der Waals surface area (Å²) >= 11 is 0. The Morgan fingerprint density at radius 2 is 1.28 bits per heavy atom. The second-order valence-corrected chi connectivity index (χ2v) is 6.66. The summed E-state index contributed by atoms with van der Waals surface area (Å²) in [7, 11) is 0. The molecule has 4 aromatic carbocycles. The lowest BCUT2D eigenvalue weighted by Crippen LogP contribution is -2.03. The first kappa shape index (κ1) is 14.2. The summed E-state index contributed by atoms with van der Waals surface area (Å²) in [6.45, 7) is 4.21. The van der Waals surface area contributed by atoms with E-state index in [9.17, 15) is 4.79 Å². The summed E-state index contributed by atoms with van der Waals surface area (Å²) in [5.41, 5.74) is 3.78. The molecule has 0 aliphatic carbocycles. The van der Waals surface area contributed by atoms with Crippen LogP contribution in [0.25, 0.3) is 43.5 Å². The van der Waals surface area contributed by atoms with Gasteiger partial charge in [0.05, 0.1) is 10.8 Å². The Balaban J connectivity index is 2.22. The van der Waals surface area contributed by atoms with Crippen LogP contribution in [0.4, 0.5) is 0 Å². The van der Waals surface area contributed by atoms with Crippen molar-refractivity contribution < 1.29 is 4.42 Å².